The van der Waals surface area contributed by atoms with E-state index in [9.17, 15) is 81.1 Å². The number of aliphatic hydroxyl groups is 12. The lowest BCUT2D eigenvalue weighted by Crippen LogP contribution is -2.61. The molecule has 0 radical (unpaired) electrons. The van der Waals surface area contributed by atoms with Crippen LogP contribution in [0.3, 0.4) is 0 Å². The molecule has 9 aliphatic rings. The molecule has 600 valence electrons. The van der Waals surface area contributed by atoms with Crippen molar-refractivity contribution in [3.63, 3.8) is 0 Å². The van der Waals surface area contributed by atoms with Crippen LogP contribution in [0.5, 0.6) is 11.5 Å². The van der Waals surface area contributed by atoms with Gasteiger partial charge < -0.3 is 101 Å². The molecule has 0 spiro atoms. The summed E-state index contributed by atoms with van der Waals surface area (Å²) in [5, 5.41) is 149. The maximum atomic E-state index is 12.6. The molecule has 2 aromatic carbocycles. The third-order valence-corrected chi connectivity index (χ3v) is 26.2. The number of fused-ring (bicyclic) bond motifs is 12. The van der Waals surface area contributed by atoms with Gasteiger partial charge in [-0.05, 0) is 217 Å². The maximum Gasteiger partial charge on any atom is 0.311 e. The quantitative estimate of drug-likeness (QED) is 0.101. The molecule has 108 heavy (non-hydrogen) atoms. The molecule has 3 heterocycles. The molecule has 11 rings (SSSR count). The fraction of sp³-hybridized carbons (Fsp3) is 0.674. The zero-order chi connectivity index (χ0) is 78.6. The SMILES string of the molecule is C#C[C@]1(O)CC[C@H]2[C@@H]3CCc4cc(OC)ccc4[C@H]3CC[C@@]21C.C[C@@H]1[C@H](O)[C@@H](C)/C=C/C=C/CC/C=C/C=C/C=C/C=C/[C@H](O[C@@H]2O[C@H](C)[C@@H](O)[C@H](N)[C@@H]2O)C[C@@H]2O[C@](O)(C[C@@H](O)[C@H](O)CC[C@@H](O)C[C@@H](O)C[C@@H](O)CC(=O)O[C@H]1C)C[C@H](O)[C@H]2C(=O)O.C[C@]12CC[C@@H]3c4ccc(O)cc4CC[C@H]3[C@@H]1CC[C@@H]2O. The largest absolute Gasteiger partial charge is 0.508 e. The number of carbonyl (C=O) groups excluding carboxylic acids is 1. The Bertz CT molecular complexity index is 3500. The number of cyclic esters (lactones) is 1. The molecule has 2 bridgehead atoms. The van der Waals surface area contributed by atoms with Gasteiger partial charge in [-0.25, -0.2) is 0 Å². The topological polar surface area (TPSA) is 390 Å². The number of methoxy groups -OCH3 is 1. The van der Waals surface area contributed by atoms with Gasteiger partial charge in [-0.3, -0.25) is 9.59 Å². The second-order valence-electron chi connectivity index (χ2n) is 33.3. The number of aliphatic carboxylic acids is 1. The maximum absolute atomic E-state index is 12.6. The lowest BCUT2D eigenvalue weighted by atomic mass is 9.53. The van der Waals surface area contributed by atoms with E-state index in [0.717, 1.165) is 75.9 Å². The van der Waals surface area contributed by atoms with Crippen LogP contribution in [0, 0.1) is 64.6 Å². The normalized spacial score (nSPS) is 44.0. The second-order valence-corrected chi connectivity index (χ2v) is 33.3. The zero-order valence-corrected chi connectivity index (χ0v) is 64.2. The highest BCUT2D eigenvalue weighted by atomic mass is 16.7. The van der Waals surface area contributed by atoms with Crippen LogP contribution in [0.2, 0.25) is 0 Å². The highest BCUT2D eigenvalue weighted by Crippen LogP contribution is 2.65. The first-order chi connectivity index (χ1) is 51.2. The van der Waals surface area contributed by atoms with E-state index in [-0.39, 0.29) is 55.0 Å². The third-order valence-electron chi connectivity index (χ3n) is 26.2. The number of aromatic hydroxyl groups is 1. The zero-order valence-electron chi connectivity index (χ0n) is 64.2. The minimum Gasteiger partial charge on any atom is -0.508 e. The van der Waals surface area contributed by atoms with E-state index >= 15 is 0 Å². The Morgan fingerprint density at radius 1 is 0.630 bits per heavy atom. The Kier molecular flexibility index (Phi) is 30.6. The second kappa shape index (κ2) is 38.2. The molecule has 29 atom stereocenters. The monoisotopic (exact) mass is 1510 g/mol. The van der Waals surface area contributed by atoms with Gasteiger partial charge in [-0.2, -0.15) is 0 Å². The van der Waals surface area contributed by atoms with Crippen molar-refractivity contribution in [3.05, 3.63) is 132 Å². The first-order valence-electron chi connectivity index (χ1n) is 39.6. The summed E-state index contributed by atoms with van der Waals surface area (Å²) in [6.45, 7) is 11.3. The van der Waals surface area contributed by atoms with E-state index in [1.165, 1.54) is 60.9 Å². The van der Waals surface area contributed by atoms with Crippen molar-refractivity contribution in [1.82, 2.24) is 0 Å². The van der Waals surface area contributed by atoms with Gasteiger partial charge in [0.15, 0.2) is 12.1 Å². The summed E-state index contributed by atoms with van der Waals surface area (Å²) in [5.74, 6) is 1.23. The highest BCUT2D eigenvalue weighted by Gasteiger charge is 2.62. The molecule has 3 aliphatic heterocycles. The number of allylic oxidation sites excluding steroid dienone is 10. The van der Waals surface area contributed by atoms with Gasteiger partial charge in [-0.1, -0.05) is 119 Å². The van der Waals surface area contributed by atoms with Crippen LogP contribution in [0.1, 0.15) is 204 Å². The molecule has 16 N–H and O–H groups in total. The van der Waals surface area contributed by atoms with Crippen molar-refractivity contribution in [3.8, 4) is 23.8 Å². The molecule has 6 aliphatic carbocycles. The van der Waals surface area contributed by atoms with E-state index in [0.29, 0.717) is 35.3 Å². The molecule has 22 heteroatoms. The predicted octanol–water partition coefficient (Wildman–Crippen LogP) is 8.46. The van der Waals surface area contributed by atoms with Crippen LogP contribution in [-0.2, 0) is 41.4 Å². The Morgan fingerprint density at radius 2 is 1.24 bits per heavy atom. The first-order valence-corrected chi connectivity index (χ1v) is 39.6. The van der Waals surface area contributed by atoms with Gasteiger partial charge in [0, 0.05) is 36.5 Å². The summed E-state index contributed by atoms with van der Waals surface area (Å²) in [5.41, 5.74) is 11.0. The first kappa shape index (κ1) is 86.3. The Balaban J connectivity index is 0.000000247. The minimum atomic E-state index is -2.35. The van der Waals surface area contributed by atoms with Crippen molar-refractivity contribution in [2.75, 3.05) is 7.11 Å². The molecule has 0 unspecified atom stereocenters. The smallest absolute Gasteiger partial charge is 0.311 e. The molecule has 2 saturated heterocycles. The van der Waals surface area contributed by atoms with E-state index in [1.807, 2.05) is 61.6 Å². The van der Waals surface area contributed by atoms with Crippen molar-refractivity contribution < 1.29 is 105 Å². The van der Waals surface area contributed by atoms with Gasteiger partial charge in [0.25, 0.3) is 0 Å². The number of hydrogen-bond acceptors (Lipinski definition) is 21. The van der Waals surface area contributed by atoms with Gasteiger partial charge in [0.05, 0.1) is 92.8 Å². The van der Waals surface area contributed by atoms with Crippen LogP contribution in [-0.4, -0.2) is 200 Å². The molecule has 4 saturated carbocycles. The fourth-order valence-corrected chi connectivity index (χ4v) is 19.6. The van der Waals surface area contributed by atoms with Gasteiger partial charge in [0.2, 0.25) is 0 Å². The average Bonchev–Trinajstić information content (AvgIpc) is 1.52. The number of aliphatic hydroxyl groups excluding tert-OH is 10. The molecule has 0 amide bonds. The van der Waals surface area contributed by atoms with Crippen LogP contribution in [0.25, 0.3) is 0 Å². The number of benzene rings is 2. The number of hydrogen-bond donors (Lipinski definition) is 15. The highest BCUT2D eigenvalue weighted by molar-refractivity contribution is 5.72. The minimum absolute atomic E-state index is 0.0883. The van der Waals surface area contributed by atoms with Gasteiger partial charge in [-0.15, -0.1) is 6.42 Å². The van der Waals surface area contributed by atoms with Crippen molar-refractivity contribution >= 4 is 11.9 Å². The third kappa shape index (κ3) is 20.8. The van der Waals surface area contributed by atoms with Crippen LogP contribution >= 0.6 is 0 Å². The van der Waals surface area contributed by atoms with Gasteiger partial charge in [0.1, 0.15) is 35.2 Å². The summed E-state index contributed by atoms with van der Waals surface area (Å²) in [4.78, 5) is 25.1. The molecular weight excluding hydrogens is 1380 g/mol. The van der Waals surface area contributed by atoms with E-state index in [2.05, 4.69) is 44.0 Å². The summed E-state index contributed by atoms with van der Waals surface area (Å²) < 4.78 is 28.5. The number of carboxylic acids is 1. The average molecular weight is 1510 g/mol. The van der Waals surface area contributed by atoms with Crippen LogP contribution < -0.4 is 10.5 Å². The van der Waals surface area contributed by atoms with E-state index in [4.69, 9.17) is 35.8 Å². The fourth-order valence-electron chi connectivity index (χ4n) is 19.6. The Morgan fingerprint density at radius 3 is 1.92 bits per heavy atom. The Hall–Kier alpha value is -5.66. The molecule has 0 aromatic heterocycles. The number of terminal acetylenes is 1. The predicted molar refractivity (Wildman–Crippen MR) is 407 cm³/mol. The number of esters is 1. The van der Waals surface area contributed by atoms with Crippen LogP contribution in [0.4, 0.5) is 0 Å². The number of ether oxygens (including phenoxy) is 5. The van der Waals surface area contributed by atoms with Crippen molar-refractivity contribution in [2.45, 2.75) is 304 Å². The summed E-state index contributed by atoms with van der Waals surface area (Å²) >= 11 is 0. The number of nitrogens with two attached hydrogens (primary N) is 1. The number of aryl methyl sites for hydroxylation is 2. The van der Waals surface area contributed by atoms with Crippen LogP contribution in [0.15, 0.2) is 109 Å². The molecular formula is C86H125NO21. The number of phenols is 1. The molecule has 22 nitrogen and oxygen atoms in total. The van der Waals surface area contributed by atoms with Crippen molar-refractivity contribution in [2.24, 2.45) is 58.0 Å². The number of carboxylic acid groups (broad SMARTS) is 1. The lowest BCUT2D eigenvalue weighted by Gasteiger charge is -2.52. The summed E-state index contributed by atoms with van der Waals surface area (Å²) in [6, 6.07) is 11.4. The number of carbonyl (C=O) groups is 2. The van der Waals surface area contributed by atoms with E-state index < -0.39 is 146 Å². The number of phenolic OH excluding ortho intramolecular Hbond substituents is 1. The van der Waals surface area contributed by atoms with Gasteiger partial charge >= 0.3 is 11.9 Å². The van der Waals surface area contributed by atoms with Crippen molar-refractivity contribution in [1.29, 1.82) is 0 Å². The van der Waals surface area contributed by atoms with E-state index in [1.54, 1.807) is 45.3 Å². The summed E-state index contributed by atoms with van der Waals surface area (Å²) in [7, 11) is 1.73. The summed E-state index contributed by atoms with van der Waals surface area (Å²) in [6.07, 6.45) is 21.1. The number of rotatable bonds is 4. The standard InChI is InChI=1S/C47H75NO17.C21H26O2.C18H24O2/c1-27-17-15-13-11-9-7-5-6-8-10-12-14-16-18-34(64-46-44(58)41(48)43(57)30(4)63-46)24-38-40(45(59)60)37(54)26-47(61,65-38)25-36(53)35(52)20-19-31(49)21-32(50)22-33(51)23-39(55)62-29(3)28(2)42(27)56;1-4-21(22)12-10-19-18-7-5-14-13-15(23-3)6-8-16(14)17(18)9-11-20(19,21)2;1-18-9-8-14-13-5-3-12(19)10-11(13)2-4-15(14)16(18)6-7-17(18)20/h5-6,8,10-18,27-38,40-44,46,49-54,56-58,61H,7,9,19-26,48H2,1-4H3,(H,59,60);1,6,8,13,17-19,22H,5,7,9-12H2,2-3H3;3,5,10,14-17,19-20H,2,4,6-9H2,1H3/b6-5+,10-8+,13-11+,14-12+,17-15+,18-16+;;/t27-,28-,29-,30+,31+,32+,33+,34-,35+,36+,37-,38-,40+,41-,42+,43+,44-,46-,47+;17-,18-,19+,20+,21+;14-,15-,16+,17+,18+/m011/s1. The lowest BCUT2D eigenvalue weighted by molar-refractivity contribution is -0.310. The Labute approximate surface area is 638 Å². The molecule has 2 aromatic rings. The molecule has 6 fully saturated rings.